The Hall–Kier alpha value is -2.36. The lowest BCUT2D eigenvalue weighted by Gasteiger charge is -2.37. The number of fused-ring (bicyclic) bond motifs is 1. The first-order chi connectivity index (χ1) is 10.2. The van der Waals surface area contributed by atoms with E-state index < -0.39 is 0 Å². The Morgan fingerprint density at radius 3 is 2.95 bits per heavy atom. The molecule has 1 aliphatic heterocycles. The van der Waals surface area contributed by atoms with Crippen molar-refractivity contribution in [3.05, 3.63) is 59.4 Å². The van der Waals surface area contributed by atoms with E-state index in [2.05, 4.69) is 41.1 Å². The number of aryl methyl sites for hydroxylation is 1. The van der Waals surface area contributed by atoms with Gasteiger partial charge in [-0.05, 0) is 37.5 Å². The first-order valence-electron chi connectivity index (χ1n) is 7.29. The Kier molecular flexibility index (Phi) is 3.60. The van der Waals surface area contributed by atoms with E-state index in [1.807, 2.05) is 12.1 Å². The van der Waals surface area contributed by atoms with Gasteiger partial charge in [-0.2, -0.15) is 0 Å². The largest absolute Gasteiger partial charge is 0.382 e. The molecule has 2 aromatic rings. The molecule has 4 heteroatoms. The van der Waals surface area contributed by atoms with Crippen LogP contribution < -0.4 is 10.6 Å². The standard InChI is InChI=1S/C17H20N4/c1-12-8-9-13-5-2-3-7-15(13)21(12)11-14-6-4-10-20-16(14)17(18)19/h2-7,10,12H,8-9,11H2,1H3,(H3,18,19). The van der Waals surface area contributed by atoms with Crippen molar-refractivity contribution in [3.63, 3.8) is 0 Å². The number of aromatic nitrogens is 1. The molecule has 1 aromatic carbocycles. The number of hydrogen-bond acceptors (Lipinski definition) is 3. The molecule has 0 amide bonds. The molecule has 108 valence electrons. The molecule has 1 unspecified atom stereocenters. The highest BCUT2D eigenvalue weighted by Gasteiger charge is 2.23. The molecule has 4 nitrogen and oxygen atoms in total. The van der Waals surface area contributed by atoms with E-state index in [0.29, 0.717) is 11.7 Å². The van der Waals surface area contributed by atoms with Crippen molar-refractivity contribution in [3.8, 4) is 0 Å². The third-order valence-electron chi connectivity index (χ3n) is 4.15. The highest BCUT2D eigenvalue weighted by atomic mass is 15.2. The van der Waals surface area contributed by atoms with Crippen LogP contribution in [0.3, 0.4) is 0 Å². The molecule has 1 aliphatic rings. The van der Waals surface area contributed by atoms with E-state index in [1.165, 1.54) is 11.3 Å². The van der Waals surface area contributed by atoms with E-state index in [9.17, 15) is 0 Å². The van der Waals surface area contributed by atoms with Crippen LogP contribution in [0.4, 0.5) is 5.69 Å². The van der Waals surface area contributed by atoms with Crippen LogP contribution in [-0.4, -0.2) is 16.9 Å². The molecule has 1 aromatic heterocycles. The van der Waals surface area contributed by atoms with Crippen molar-refractivity contribution in [1.29, 1.82) is 5.41 Å². The molecule has 0 saturated heterocycles. The lowest BCUT2D eigenvalue weighted by Crippen LogP contribution is -2.37. The minimum atomic E-state index is 0.0311. The average Bonchev–Trinajstić information content (AvgIpc) is 2.50. The average molecular weight is 280 g/mol. The van der Waals surface area contributed by atoms with Gasteiger partial charge >= 0.3 is 0 Å². The van der Waals surface area contributed by atoms with Crippen LogP contribution in [0.2, 0.25) is 0 Å². The van der Waals surface area contributed by atoms with Gasteiger partial charge in [0, 0.05) is 30.0 Å². The number of nitrogen functional groups attached to an aromatic ring is 1. The van der Waals surface area contributed by atoms with Gasteiger partial charge in [-0.15, -0.1) is 0 Å². The summed E-state index contributed by atoms with van der Waals surface area (Å²) < 4.78 is 0. The molecule has 3 N–H and O–H groups in total. The van der Waals surface area contributed by atoms with Crippen molar-refractivity contribution in [2.45, 2.75) is 32.4 Å². The summed E-state index contributed by atoms with van der Waals surface area (Å²) in [5.74, 6) is 0.0311. The predicted molar refractivity (Wildman–Crippen MR) is 85.7 cm³/mol. The van der Waals surface area contributed by atoms with E-state index in [0.717, 1.165) is 24.9 Å². The quantitative estimate of drug-likeness (QED) is 0.671. The van der Waals surface area contributed by atoms with Gasteiger partial charge in [-0.1, -0.05) is 24.3 Å². The smallest absolute Gasteiger partial charge is 0.142 e. The van der Waals surface area contributed by atoms with E-state index in [1.54, 1.807) is 6.20 Å². The molecule has 0 bridgehead atoms. The number of nitrogens with one attached hydrogen (secondary N) is 1. The molecule has 0 radical (unpaired) electrons. The minimum Gasteiger partial charge on any atom is -0.382 e. The molecular formula is C17H20N4. The number of anilines is 1. The van der Waals surface area contributed by atoms with Gasteiger partial charge < -0.3 is 10.6 Å². The molecule has 0 fully saturated rings. The van der Waals surface area contributed by atoms with Crippen LogP contribution in [0.1, 0.15) is 30.2 Å². The molecule has 0 aliphatic carbocycles. The minimum absolute atomic E-state index is 0.0311. The monoisotopic (exact) mass is 280 g/mol. The highest BCUT2D eigenvalue weighted by Crippen LogP contribution is 2.31. The number of rotatable bonds is 3. The number of hydrogen-bond donors (Lipinski definition) is 2. The van der Waals surface area contributed by atoms with Crippen LogP contribution >= 0.6 is 0 Å². The number of nitrogens with zero attached hydrogens (tertiary/aromatic N) is 2. The van der Waals surface area contributed by atoms with Crippen LogP contribution in [0.15, 0.2) is 42.6 Å². The molecule has 1 atom stereocenters. The molecular weight excluding hydrogens is 260 g/mol. The van der Waals surface area contributed by atoms with Gasteiger partial charge in [0.15, 0.2) is 0 Å². The van der Waals surface area contributed by atoms with Crippen molar-refractivity contribution < 1.29 is 0 Å². The van der Waals surface area contributed by atoms with Gasteiger partial charge in [0.05, 0.1) is 0 Å². The summed E-state index contributed by atoms with van der Waals surface area (Å²) >= 11 is 0. The van der Waals surface area contributed by atoms with Crippen molar-refractivity contribution >= 4 is 11.5 Å². The van der Waals surface area contributed by atoms with Crippen molar-refractivity contribution in [2.75, 3.05) is 4.90 Å². The maximum Gasteiger partial charge on any atom is 0.142 e. The summed E-state index contributed by atoms with van der Waals surface area (Å²) in [6.07, 6.45) is 3.96. The fourth-order valence-electron chi connectivity index (χ4n) is 2.99. The second-order valence-electron chi connectivity index (χ2n) is 5.57. The fourth-order valence-corrected chi connectivity index (χ4v) is 2.99. The normalized spacial score (nSPS) is 17.4. The third-order valence-corrected chi connectivity index (χ3v) is 4.15. The zero-order valence-corrected chi connectivity index (χ0v) is 12.2. The first kappa shape index (κ1) is 13.6. The fraction of sp³-hybridized carbons (Fsp3) is 0.294. The van der Waals surface area contributed by atoms with Crippen molar-refractivity contribution in [1.82, 2.24) is 4.98 Å². The van der Waals surface area contributed by atoms with Crippen LogP contribution in [0, 0.1) is 5.41 Å². The molecule has 0 saturated carbocycles. The summed E-state index contributed by atoms with van der Waals surface area (Å²) in [7, 11) is 0. The third kappa shape index (κ3) is 2.61. The Labute approximate surface area is 125 Å². The summed E-state index contributed by atoms with van der Waals surface area (Å²) in [4.78, 5) is 6.64. The highest BCUT2D eigenvalue weighted by molar-refractivity contribution is 5.94. The van der Waals surface area contributed by atoms with Gasteiger partial charge in [-0.3, -0.25) is 10.4 Å². The summed E-state index contributed by atoms with van der Waals surface area (Å²) in [5, 5.41) is 7.69. The Morgan fingerprint density at radius 2 is 2.14 bits per heavy atom. The summed E-state index contributed by atoms with van der Waals surface area (Å²) in [5.41, 5.74) is 9.93. The predicted octanol–water partition coefficient (Wildman–Crippen LogP) is 2.71. The van der Waals surface area contributed by atoms with Gasteiger partial charge in [0.1, 0.15) is 11.5 Å². The van der Waals surface area contributed by atoms with Crippen LogP contribution in [-0.2, 0) is 13.0 Å². The van der Waals surface area contributed by atoms with Gasteiger partial charge in [0.25, 0.3) is 0 Å². The van der Waals surface area contributed by atoms with E-state index >= 15 is 0 Å². The SMILES string of the molecule is CC1CCc2ccccc2N1Cc1cccnc1C(=N)N. The first-order valence-corrected chi connectivity index (χ1v) is 7.29. The van der Waals surface area contributed by atoms with Crippen molar-refractivity contribution in [2.24, 2.45) is 5.73 Å². The van der Waals surface area contributed by atoms with Crippen LogP contribution in [0.25, 0.3) is 0 Å². The Morgan fingerprint density at radius 1 is 1.33 bits per heavy atom. The zero-order chi connectivity index (χ0) is 14.8. The number of pyridine rings is 1. The van der Waals surface area contributed by atoms with Crippen LogP contribution in [0.5, 0.6) is 0 Å². The summed E-state index contributed by atoms with van der Waals surface area (Å²) in [6, 6.07) is 12.9. The number of benzene rings is 1. The van der Waals surface area contributed by atoms with Gasteiger partial charge in [0.2, 0.25) is 0 Å². The molecule has 0 spiro atoms. The molecule has 21 heavy (non-hydrogen) atoms. The topological polar surface area (TPSA) is 66.0 Å². The maximum absolute atomic E-state index is 7.69. The van der Waals surface area contributed by atoms with Gasteiger partial charge in [-0.25, -0.2) is 0 Å². The zero-order valence-electron chi connectivity index (χ0n) is 12.2. The number of para-hydroxylation sites is 1. The summed E-state index contributed by atoms with van der Waals surface area (Å²) in [6.45, 7) is 2.99. The lowest BCUT2D eigenvalue weighted by atomic mass is 9.96. The second-order valence-corrected chi connectivity index (χ2v) is 5.57. The van der Waals surface area contributed by atoms with E-state index in [4.69, 9.17) is 11.1 Å². The number of amidine groups is 1. The Balaban J connectivity index is 1.97. The second kappa shape index (κ2) is 5.56. The maximum atomic E-state index is 7.69. The Bertz CT molecular complexity index is 665. The van der Waals surface area contributed by atoms with E-state index in [-0.39, 0.29) is 5.84 Å². The number of nitrogens with two attached hydrogens (primary N) is 1. The molecule has 2 heterocycles. The lowest BCUT2D eigenvalue weighted by molar-refractivity contribution is 0.559. The molecule has 3 rings (SSSR count).